The lowest BCUT2D eigenvalue weighted by Gasteiger charge is -2.23. The van der Waals surface area contributed by atoms with E-state index in [4.69, 9.17) is 5.11 Å². The third kappa shape index (κ3) is 8.67. The summed E-state index contributed by atoms with van der Waals surface area (Å²) in [5, 5.41) is 12.0. The summed E-state index contributed by atoms with van der Waals surface area (Å²) in [6, 6.07) is 0.264. The number of aliphatic carboxylic acids is 1. The van der Waals surface area contributed by atoms with Crippen molar-refractivity contribution in [1.82, 2.24) is 15.1 Å². The second-order valence-electron chi connectivity index (χ2n) is 6.16. The molecule has 21 heavy (non-hydrogen) atoms. The van der Waals surface area contributed by atoms with Gasteiger partial charge >= 0.3 is 5.97 Å². The van der Waals surface area contributed by atoms with Gasteiger partial charge in [0.15, 0.2) is 0 Å². The molecule has 1 saturated carbocycles. The van der Waals surface area contributed by atoms with Crippen LogP contribution in [0.3, 0.4) is 0 Å². The maximum Gasteiger partial charge on any atom is 0.317 e. The van der Waals surface area contributed by atoms with E-state index in [2.05, 4.69) is 5.32 Å². The lowest BCUT2D eigenvalue weighted by atomic mass is 10.1. The van der Waals surface area contributed by atoms with Crippen molar-refractivity contribution in [3.05, 3.63) is 0 Å². The number of carboxylic acid groups (broad SMARTS) is 1. The minimum absolute atomic E-state index is 0.0538. The smallest absolute Gasteiger partial charge is 0.317 e. The van der Waals surface area contributed by atoms with Crippen LogP contribution in [0.5, 0.6) is 0 Å². The molecule has 1 aliphatic rings. The van der Waals surface area contributed by atoms with Crippen LogP contribution in [0.4, 0.5) is 0 Å². The van der Waals surface area contributed by atoms with Crippen molar-refractivity contribution >= 4 is 11.9 Å². The zero-order valence-electron chi connectivity index (χ0n) is 13.3. The minimum atomic E-state index is -0.893. The molecule has 0 aromatic rings. The minimum Gasteiger partial charge on any atom is -0.480 e. The Morgan fingerprint density at radius 3 is 2.19 bits per heavy atom. The first-order valence-corrected chi connectivity index (χ1v) is 7.85. The second kappa shape index (κ2) is 9.73. The number of carbonyl (C=O) groups is 2. The highest BCUT2D eigenvalue weighted by Crippen LogP contribution is 2.17. The van der Waals surface area contributed by atoms with Gasteiger partial charge in [-0.1, -0.05) is 25.7 Å². The molecule has 1 fully saturated rings. The van der Waals surface area contributed by atoms with Crippen molar-refractivity contribution in [2.45, 2.75) is 44.6 Å². The first-order valence-electron chi connectivity index (χ1n) is 7.85. The molecule has 0 heterocycles. The molecule has 122 valence electrons. The maximum absolute atomic E-state index is 12.1. The first kappa shape index (κ1) is 17.9. The summed E-state index contributed by atoms with van der Waals surface area (Å²) in [5.41, 5.74) is 0. The van der Waals surface area contributed by atoms with Crippen LogP contribution in [0.1, 0.15) is 38.5 Å². The van der Waals surface area contributed by atoms with Crippen molar-refractivity contribution < 1.29 is 14.7 Å². The molecular formula is C15H29N3O3. The zero-order chi connectivity index (χ0) is 15.7. The Morgan fingerprint density at radius 1 is 1.05 bits per heavy atom. The molecule has 2 N–H and O–H groups in total. The highest BCUT2D eigenvalue weighted by Gasteiger charge is 2.18. The Balaban J connectivity index is 2.40. The van der Waals surface area contributed by atoms with Crippen LogP contribution in [0, 0.1) is 0 Å². The number of nitrogens with one attached hydrogen (secondary N) is 1. The molecule has 0 aromatic carbocycles. The number of nitrogens with zero attached hydrogens (tertiary/aromatic N) is 2. The van der Waals surface area contributed by atoms with Gasteiger partial charge in [-0.2, -0.15) is 0 Å². The van der Waals surface area contributed by atoms with Gasteiger partial charge in [-0.3, -0.25) is 14.5 Å². The van der Waals surface area contributed by atoms with Crippen molar-refractivity contribution in [2.24, 2.45) is 0 Å². The Labute approximate surface area is 127 Å². The summed E-state index contributed by atoms with van der Waals surface area (Å²) in [4.78, 5) is 26.7. The van der Waals surface area contributed by atoms with Crippen LogP contribution < -0.4 is 5.32 Å². The van der Waals surface area contributed by atoms with E-state index in [1.54, 1.807) is 4.90 Å². The highest BCUT2D eigenvalue weighted by atomic mass is 16.4. The molecular weight excluding hydrogens is 270 g/mol. The number of amides is 1. The van der Waals surface area contributed by atoms with Crippen LogP contribution in [-0.4, -0.2) is 73.1 Å². The Morgan fingerprint density at radius 2 is 1.67 bits per heavy atom. The van der Waals surface area contributed by atoms with Crippen molar-refractivity contribution in [1.29, 1.82) is 0 Å². The number of carbonyl (C=O) groups excluding carboxylic acids is 1. The van der Waals surface area contributed by atoms with Crippen LogP contribution in [-0.2, 0) is 9.59 Å². The van der Waals surface area contributed by atoms with Crippen molar-refractivity contribution in [3.63, 3.8) is 0 Å². The first-order chi connectivity index (χ1) is 9.97. The van der Waals surface area contributed by atoms with E-state index < -0.39 is 5.97 Å². The van der Waals surface area contributed by atoms with Crippen molar-refractivity contribution in [2.75, 3.05) is 40.3 Å². The SMILES string of the molecule is CN(C)CCN(CC(=O)O)CC(=O)NC1CCCCCC1. The molecule has 6 nitrogen and oxygen atoms in total. The summed E-state index contributed by atoms with van der Waals surface area (Å²) in [7, 11) is 3.87. The summed E-state index contributed by atoms with van der Waals surface area (Å²) in [6.45, 7) is 1.39. The summed E-state index contributed by atoms with van der Waals surface area (Å²) in [5.74, 6) is -0.946. The molecule has 0 saturated heterocycles. The summed E-state index contributed by atoms with van der Waals surface area (Å²) >= 11 is 0. The fourth-order valence-electron chi connectivity index (χ4n) is 2.65. The van der Waals surface area contributed by atoms with Gasteiger partial charge in [0.05, 0.1) is 13.1 Å². The lowest BCUT2D eigenvalue weighted by molar-refractivity contribution is -0.138. The fourth-order valence-corrected chi connectivity index (χ4v) is 2.65. The number of hydrogen-bond acceptors (Lipinski definition) is 4. The number of hydrogen-bond donors (Lipinski definition) is 2. The van der Waals surface area contributed by atoms with Gasteiger partial charge in [0.2, 0.25) is 5.91 Å². The molecule has 0 unspecified atom stereocenters. The van der Waals surface area contributed by atoms with Gasteiger partial charge < -0.3 is 15.3 Å². The number of rotatable bonds is 8. The van der Waals surface area contributed by atoms with E-state index in [0.717, 1.165) is 19.4 Å². The van der Waals surface area contributed by atoms with Crippen LogP contribution >= 0.6 is 0 Å². The van der Waals surface area contributed by atoms with Crippen LogP contribution in [0.25, 0.3) is 0 Å². The second-order valence-corrected chi connectivity index (χ2v) is 6.16. The molecule has 1 aliphatic carbocycles. The van der Waals surface area contributed by atoms with Crippen molar-refractivity contribution in [3.8, 4) is 0 Å². The van der Waals surface area contributed by atoms with Gasteiger partial charge in [0.25, 0.3) is 0 Å². The lowest BCUT2D eigenvalue weighted by Crippen LogP contribution is -2.45. The Bertz CT molecular complexity index is 326. The zero-order valence-corrected chi connectivity index (χ0v) is 13.3. The molecule has 6 heteroatoms. The van der Waals surface area contributed by atoms with E-state index >= 15 is 0 Å². The largest absolute Gasteiger partial charge is 0.480 e. The van der Waals surface area contributed by atoms with E-state index in [1.807, 2.05) is 19.0 Å². The molecule has 0 radical (unpaired) electrons. The predicted octanol–water partition coefficient (Wildman–Crippen LogP) is 0.774. The molecule has 0 atom stereocenters. The quantitative estimate of drug-likeness (QED) is 0.648. The number of likely N-dealkylation sites (N-methyl/N-ethyl adjacent to an activating group) is 1. The molecule has 0 aromatic heterocycles. The van der Waals surface area contributed by atoms with Gasteiger partial charge in [-0.25, -0.2) is 0 Å². The topological polar surface area (TPSA) is 72.9 Å². The monoisotopic (exact) mass is 299 g/mol. The van der Waals surface area contributed by atoms with Crippen LogP contribution in [0.2, 0.25) is 0 Å². The van der Waals surface area contributed by atoms with E-state index in [1.165, 1.54) is 25.7 Å². The number of carboxylic acids is 1. The average molecular weight is 299 g/mol. The van der Waals surface area contributed by atoms with Gasteiger partial charge in [0.1, 0.15) is 0 Å². The standard InChI is InChI=1S/C15H29N3O3/c1-17(2)9-10-18(12-15(20)21)11-14(19)16-13-7-5-3-4-6-8-13/h13H,3-12H2,1-2H3,(H,16,19)(H,20,21). The predicted molar refractivity (Wildman–Crippen MR) is 82.3 cm³/mol. The Kier molecular flexibility index (Phi) is 8.30. The molecule has 1 amide bonds. The van der Waals surface area contributed by atoms with Gasteiger partial charge in [-0.15, -0.1) is 0 Å². The van der Waals surface area contributed by atoms with Gasteiger partial charge in [0, 0.05) is 19.1 Å². The van der Waals surface area contributed by atoms with Crippen LogP contribution in [0.15, 0.2) is 0 Å². The van der Waals surface area contributed by atoms with E-state index in [9.17, 15) is 9.59 Å². The summed E-state index contributed by atoms with van der Waals surface area (Å²) in [6.07, 6.45) is 6.93. The summed E-state index contributed by atoms with van der Waals surface area (Å²) < 4.78 is 0. The molecule has 1 rings (SSSR count). The molecule has 0 aliphatic heterocycles. The normalized spacial score (nSPS) is 17.0. The Hall–Kier alpha value is -1.14. The van der Waals surface area contributed by atoms with Gasteiger partial charge in [-0.05, 0) is 26.9 Å². The molecule has 0 bridgehead atoms. The third-order valence-electron chi connectivity index (χ3n) is 3.81. The third-order valence-corrected chi connectivity index (χ3v) is 3.81. The fraction of sp³-hybridized carbons (Fsp3) is 0.867. The average Bonchev–Trinajstić information content (AvgIpc) is 2.63. The maximum atomic E-state index is 12.1. The van der Waals surface area contributed by atoms with E-state index in [-0.39, 0.29) is 25.0 Å². The van der Waals surface area contributed by atoms with E-state index in [0.29, 0.717) is 6.54 Å². The highest BCUT2D eigenvalue weighted by molar-refractivity contribution is 5.79. The molecule has 0 spiro atoms.